The Balaban J connectivity index is 2.19. The van der Waals surface area contributed by atoms with Crippen LogP contribution in [0.5, 0.6) is 5.75 Å². The predicted molar refractivity (Wildman–Crippen MR) is 72.8 cm³/mol. The Bertz CT molecular complexity index is 546. The monoisotopic (exact) mass is 335 g/mol. The van der Waals surface area contributed by atoms with Gasteiger partial charge in [-0.3, -0.25) is 0 Å². The van der Waals surface area contributed by atoms with E-state index in [2.05, 4.69) is 21.2 Å². The summed E-state index contributed by atoms with van der Waals surface area (Å²) in [5, 5.41) is 12.7. The van der Waals surface area contributed by atoms with Gasteiger partial charge < -0.3 is 15.2 Å². The van der Waals surface area contributed by atoms with Gasteiger partial charge in [0.05, 0.1) is 36.4 Å². The molecule has 1 aromatic rings. The molecule has 1 saturated heterocycles. The van der Waals surface area contributed by atoms with E-state index >= 15 is 0 Å². The van der Waals surface area contributed by atoms with Gasteiger partial charge in [-0.25, -0.2) is 8.42 Å². The highest BCUT2D eigenvalue weighted by Crippen LogP contribution is 2.29. The van der Waals surface area contributed by atoms with Crippen LogP contribution in [0.15, 0.2) is 22.7 Å². The molecule has 1 aromatic carbocycles. The molecule has 2 atom stereocenters. The molecule has 1 aliphatic heterocycles. The number of rotatable bonds is 3. The van der Waals surface area contributed by atoms with E-state index in [1.165, 1.54) is 0 Å². The van der Waals surface area contributed by atoms with Gasteiger partial charge >= 0.3 is 0 Å². The number of anilines is 1. The number of hydrogen-bond acceptors (Lipinski definition) is 5. The van der Waals surface area contributed by atoms with E-state index in [1.807, 2.05) is 0 Å². The maximum Gasteiger partial charge on any atom is 0.155 e. The van der Waals surface area contributed by atoms with Crippen molar-refractivity contribution in [2.45, 2.75) is 12.1 Å². The van der Waals surface area contributed by atoms with Crippen LogP contribution in [0.1, 0.15) is 0 Å². The van der Waals surface area contributed by atoms with Gasteiger partial charge in [0.15, 0.2) is 9.84 Å². The van der Waals surface area contributed by atoms with Crippen LogP contribution in [-0.2, 0) is 9.84 Å². The molecule has 0 aromatic heterocycles. The number of sulfone groups is 1. The fourth-order valence-corrected chi connectivity index (χ4v) is 4.01. The van der Waals surface area contributed by atoms with E-state index in [0.717, 1.165) is 4.47 Å². The Labute approximate surface area is 114 Å². The molecular weight excluding hydrogens is 322 g/mol. The zero-order chi connectivity index (χ0) is 13.3. The predicted octanol–water partition coefficient (Wildman–Crippen LogP) is 1.03. The van der Waals surface area contributed by atoms with Gasteiger partial charge in [0.2, 0.25) is 0 Å². The normalized spacial score (nSPS) is 25.9. The topological polar surface area (TPSA) is 75.6 Å². The van der Waals surface area contributed by atoms with Crippen LogP contribution < -0.4 is 10.1 Å². The van der Waals surface area contributed by atoms with Gasteiger partial charge in [-0.05, 0) is 28.1 Å². The molecule has 2 unspecified atom stereocenters. The highest BCUT2D eigenvalue weighted by Gasteiger charge is 2.36. The lowest BCUT2D eigenvalue weighted by Crippen LogP contribution is -2.31. The molecule has 5 nitrogen and oxygen atoms in total. The molecule has 0 saturated carbocycles. The maximum absolute atomic E-state index is 11.4. The van der Waals surface area contributed by atoms with Crippen molar-refractivity contribution < 1.29 is 18.3 Å². The first-order valence-electron chi connectivity index (χ1n) is 5.40. The number of benzene rings is 1. The summed E-state index contributed by atoms with van der Waals surface area (Å²) in [5.74, 6) is 0.417. The second-order valence-electron chi connectivity index (χ2n) is 4.24. The number of hydrogen-bond donors (Lipinski definition) is 2. The smallest absolute Gasteiger partial charge is 0.155 e. The number of halogens is 1. The first-order chi connectivity index (χ1) is 8.41. The molecule has 0 amide bonds. The number of ether oxygens (including phenoxy) is 1. The summed E-state index contributed by atoms with van der Waals surface area (Å²) in [6.07, 6.45) is -0.881. The van der Waals surface area contributed by atoms with Crippen LogP contribution in [0.3, 0.4) is 0 Å². The second kappa shape index (κ2) is 5.07. The number of aliphatic hydroxyl groups is 1. The average molecular weight is 336 g/mol. The Hall–Kier alpha value is -0.790. The van der Waals surface area contributed by atoms with Crippen molar-refractivity contribution >= 4 is 31.5 Å². The Kier molecular flexibility index (Phi) is 3.84. The average Bonchev–Trinajstić information content (AvgIpc) is 2.55. The minimum absolute atomic E-state index is 0.0577. The fraction of sp³-hybridized carbons (Fsp3) is 0.455. The third kappa shape index (κ3) is 2.96. The summed E-state index contributed by atoms with van der Waals surface area (Å²) in [4.78, 5) is 0. The van der Waals surface area contributed by atoms with Crippen LogP contribution >= 0.6 is 15.9 Å². The summed E-state index contributed by atoms with van der Waals surface area (Å²) < 4.78 is 28.7. The van der Waals surface area contributed by atoms with Crippen molar-refractivity contribution in [1.82, 2.24) is 0 Å². The molecule has 2 rings (SSSR count). The number of nitrogens with one attached hydrogen (secondary N) is 1. The van der Waals surface area contributed by atoms with Crippen molar-refractivity contribution in [2.24, 2.45) is 0 Å². The fourth-order valence-electron chi connectivity index (χ4n) is 1.91. The van der Waals surface area contributed by atoms with Crippen LogP contribution in [0.4, 0.5) is 5.69 Å². The molecule has 100 valence electrons. The molecule has 0 spiro atoms. The van der Waals surface area contributed by atoms with Gasteiger partial charge in [0, 0.05) is 10.5 Å². The largest absolute Gasteiger partial charge is 0.497 e. The van der Waals surface area contributed by atoms with Crippen LogP contribution in [0.2, 0.25) is 0 Å². The SMILES string of the molecule is COc1ccc(Br)c(NC2CS(=O)(=O)CC2O)c1. The first-order valence-corrected chi connectivity index (χ1v) is 8.01. The molecule has 1 heterocycles. The van der Waals surface area contributed by atoms with Crippen molar-refractivity contribution in [1.29, 1.82) is 0 Å². The highest BCUT2D eigenvalue weighted by atomic mass is 79.9. The highest BCUT2D eigenvalue weighted by molar-refractivity contribution is 9.10. The van der Waals surface area contributed by atoms with Gasteiger partial charge in [0.1, 0.15) is 5.75 Å². The van der Waals surface area contributed by atoms with Crippen molar-refractivity contribution in [3.8, 4) is 5.75 Å². The quantitative estimate of drug-likeness (QED) is 0.862. The minimum Gasteiger partial charge on any atom is -0.497 e. The third-order valence-corrected chi connectivity index (χ3v) is 5.24. The van der Waals surface area contributed by atoms with Crippen molar-refractivity contribution in [3.63, 3.8) is 0 Å². The van der Waals surface area contributed by atoms with Gasteiger partial charge in [-0.2, -0.15) is 0 Å². The third-order valence-electron chi connectivity index (χ3n) is 2.84. The lowest BCUT2D eigenvalue weighted by atomic mass is 10.2. The van der Waals surface area contributed by atoms with Crippen LogP contribution in [0.25, 0.3) is 0 Å². The van der Waals surface area contributed by atoms with Crippen molar-refractivity contribution in [3.05, 3.63) is 22.7 Å². The number of aliphatic hydroxyl groups excluding tert-OH is 1. The van der Waals surface area contributed by atoms with E-state index in [0.29, 0.717) is 11.4 Å². The van der Waals surface area contributed by atoms with Crippen LogP contribution in [0, 0.1) is 0 Å². The lowest BCUT2D eigenvalue weighted by molar-refractivity contribution is 0.190. The molecule has 0 aliphatic carbocycles. The molecule has 1 aliphatic rings. The molecule has 7 heteroatoms. The van der Waals surface area contributed by atoms with Gasteiger partial charge in [-0.1, -0.05) is 0 Å². The molecule has 2 N–H and O–H groups in total. The van der Waals surface area contributed by atoms with E-state index < -0.39 is 22.0 Å². The molecular formula is C11H14BrNO4S. The Morgan fingerprint density at radius 1 is 1.44 bits per heavy atom. The zero-order valence-corrected chi connectivity index (χ0v) is 12.2. The van der Waals surface area contributed by atoms with E-state index in [1.54, 1.807) is 25.3 Å². The lowest BCUT2D eigenvalue weighted by Gasteiger charge is -2.18. The van der Waals surface area contributed by atoms with Gasteiger partial charge in [0.25, 0.3) is 0 Å². The molecule has 1 fully saturated rings. The molecule has 18 heavy (non-hydrogen) atoms. The Morgan fingerprint density at radius 3 is 2.72 bits per heavy atom. The summed E-state index contributed by atoms with van der Waals surface area (Å²) in [6, 6.07) is 4.86. The summed E-state index contributed by atoms with van der Waals surface area (Å²) in [6.45, 7) is 0. The standard InChI is InChI=1S/C11H14BrNO4S/c1-17-7-2-3-8(12)9(4-7)13-10-5-18(15,16)6-11(10)14/h2-4,10-11,13-14H,5-6H2,1H3. The van der Waals surface area contributed by atoms with E-state index in [-0.39, 0.29) is 11.5 Å². The minimum atomic E-state index is -3.15. The molecule has 0 bridgehead atoms. The van der Waals surface area contributed by atoms with E-state index in [4.69, 9.17) is 4.74 Å². The summed E-state index contributed by atoms with van der Waals surface area (Å²) in [7, 11) is -1.59. The Morgan fingerprint density at radius 2 is 2.17 bits per heavy atom. The number of methoxy groups -OCH3 is 1. The van der Waals surface area contributed by atoms with E-state index in [9.17, 15) is 13.5 Å². The second-order valence-corrected chi connectivity index (χ2v) is 7.25. The van der Waals surface area contributed by atoms with Crippen LogP contribution in [-0.4, -0.2) is 44.3 Å². The summed E-state index contributed by atoms with van der Waals surface area (Å²) >= 11 is 3.37. The maximum atomic E-state index is 11.4. The summed E-state index contributed by atoms with van der Waals surface area (Å²) in [5.41, 5.74) is 0.704. The van der Waals surface area contributed by atoms with Gasteiger partial charge in [-0.15, -0.1) is 0 Å². The molecule has 0 radical (unpaired) electrons. The van der Waals surface area contributed by atoms with Crippen molar-refractivity contribution in [2.75, 3.05) is 23.9 Å². The zero-order valence-electron chi connectivity index (χ0n) is 9.76. The first kappa shape index (κ1) is 13.6.